The second-order valence-corrected chi connectivity index (χ2v) is 4.05. The molecule has 6 heteroatoms. The minimum absolute atomic E-state index is 0.133. The summed E-state index contributed by atoms with van der Waals surface area (Å²) in [4.78, 5) is 15.7. The van der Waals surface area contributed by atoms with Gasteiger partial charge in [0.1, 0.15) is 11.9 Å². The first kappa shape index (κ1) is 12.6. The topological polar surface area (TPSA) is 69.0 Å². The molecule has 0 fully saturated rings. The molecular formula is C10H18N4O2. The van der Waals surface area contributed by atoms with Gasteiger partial charge < -0.3 is 10.1 Å². The van der Waals surface area contributed by atoms with Crippen molar-refractivity contribution >= 4 is 5.91 Å². The number of methoxy groups -OCH3 is 1. The Morgan fingerprint density at radius 1 is 1.62 bits per heavy atom. The first-order chi connectivity index (χ1) is 7.45. The SMILES string of the molecule is COC(C)(C)C(=O)NCCc1ncn(C)n1. The van der Waals surface area contributed by atoms with E-state index in [1.807, 2.05) is 7.05 Å². The van der Waals surface area contributed by atoms with Crippen LogP contribution >= 0.6 is 0 Å². The summed E-state index contributed by atoms with van der Waals surface area (Å²) < 4.78 is 6.69. The van der Waals surface area contributed by atoms with Crippen molar-refractivity contribution in [2.24, 2.45) is 7.05 Å². The molecule has 1 heterocycles. The Hall–Kier alpha value is -1.43. The number of hydrogen-bond acceptors (Lipinski definition) is 4. The molecule has 0 aromatic carbocycles. The average Bonchev–Trinajstić information content (AvgIpc) is 2.64. The van der Waals surface area contributed by atoms with Gasteiger partial charge in [-0.05, 0) is 13.8 Å². The van der Waals surface area contributed by atoms with Crippen molar-refractivity contribution in [3.05, 3.63) is 12.2 Å². The molecule has 1 rings (SSSR count). The van der Waals surface area contributed by atoms with E-state index in [1.165, 1.54) is 7.11 Å². The van der Waals surface area contributed by atoms with E-state index in [0.717, 1.165) is 5.82 Å². The van der Waals surface area contributed by atoms with Gasteiger partial charge in [-0.3, -0.25) is 9.48 Å². The minimum Gasteiger partial charge on any atom is -0.369 e. The van der Waals surface area contributed by atoms with Crippen molar-refractivity contribution in [2.45, 2.75) is 25.9 Å². The average molecular weight is 226 g/mol. The van der Waals surface area contributed by atoms with Crippen LogP contribution in [0.25, 0.3) is 0 Å². The largest absolute Gasteiger partial charge is 0.369 e. The van der Waals surface area contributed by atoms with E-state index in [0.29, 0.717) is 13.0 Å². The fraction of sp³-hybridized carbons (Fsp3) is 0.700. The van der Waals surface area contributed by atoms with Crippen molar-refractivity contribution in [3.8, 4) is 0 Å². The lowest BCUT2D eigenvalue weighted by atomic mass is 10.1. The smallest absolute Gasteiger partial charge is 0.251 e. The Bertz CT molecular complexity index is 359. The van der Waals surface area contributed by atoms with Crippen LogP contribution in [0.15, 0.2) is 6.33 Å². The zero-order valence-corrected chi connectivity index (χ0v) is 10.1. The lowest BCUT2D eigenvalue weighted by Crippen LogP contribution is -2.44. The molecule has 0 atom stereocenters. The van der Waals surface area contributed by atoms with Gasteiger partial charge in [0.25, 0.3) is 5.91 Å². The number of hydrogen-bond donors (Lipinski definition) is 1. The van der Waals surface area contributed by atoms with Crippen LogP contribution in [0.3, 0.4) is 0 Å². The molecule has 1 aromatic heterocycles. The fourth-order valence-corrected chi connectivity index (χ4v) is 1.09. The first-order valence-electron chi connectivity index (χ1n) is 5.13. The molecule has 16 heavy (non-hydrogen) atoms. The number of aromatic nitrogens is 3. The zero-order chi connectivity index (χ0) is 12.2. The molecule has 0 unspecified atom stereocenters. The Balaban J connectivity index is 2.33. The summed E-state index contributed by atoms with van der Waals surface area (Å²) in [6.45, 7) is 3.96. The van der Waals surface area contributed by atoms with Crippen LogP contribution in [0.1, 0.15) is 19.7 Å². The van der Waals surface area contributed by atoms with E-state index >= 15 is 0 Å². The fourth-order valence-electron chi connectivity index (χ4n) is 1.09. The molecule has 0 saturated heterocycles. The molecule has 0 bridgehead atoms. The van der Waals surface area contributed by atoms with Gasteiger partial charge in [-0.2, -0.15) is 5.10 Å². The molecular weight excluding hydrogens is 208 g/mol. The number of carbonyl (C=O) groups excluding carboxylic acids is 1. The third-order valence-electron chi connectivity index (χ3n) is 2.34. The van der Waals surface area contributed by atoms with Crippen LogP contribution in [0.2, 0.25) is 0 Å². The van der Waals surface area contributed by atoms with Crippen molar-refractivity contribution in [3.63, 3.8) is 0 Å². The predicted octanol–water partition coefficient (Wildman–Crippen LogP) is -0.101. The zero-order valence-electron chi connectivity index (χ0n) is 10.1. The van der Waals surface area contributed by atoms with Gasteiger partial charge in [-0.1, -0.05) is 0 Å². The monoisotopic (exact) mass is 226 g/mol. The maximum Gasteiger partial charge on any atom is 0.251 e. The van der Waals surface area contributed by atoms with Crippen molar-refractivity contribution in [1.29, 1.82) is 0 Å². The minimum atomic E-state index is -0.794. The molecule has 0 spiro atoms. The molecule has 1 N–H and O–H groups in total. The van der Waals surface area contributed by atoms with E-state index in [2.05, 4.69) is 15.4 Å². The quantitative estimate of drug-likeness (QED) is 0.761. The van der Waals surface area contributed by atoms with Crippen LogP contribution < -0.4 is 5.32 Å². The second kappa shape index (κ2) is 5.07. The Labute approximate surface area is 95.0 Å². The maximum atomic E-state index is 11.6. The second-order valence-electron chi connectivity index (χ2n) is 4.05. The normalized spacial score (nSPS) is 11.5. The lowest BCUT2D eigenvalue weighted by molar-refractivity contribution is -0.139. The molecule has 90 valence electrons. The van der Waals surface area contributed by atoms with Crippen LogP contribution in [0.4, 0.5) is 0 Å². The van der Waals surface area contributed by atoms with E-state index in [-0.39, 0.29) is 5.91 Å². The van der Waals surface area contributed by atoms with Gasteiger partial charge in [-0.25, -0.2) is 4.98 Å². The van der Waals surface area contributed by atoms with E-state index < -0.39 is 5.60 Å². The van der Waals surface area contributed by atoms with Gasteiger partial charge in [0, 0.05) is 27.1 Å². The number of rotatable bonds is 5. The summed E-state index contributed by atoms with van der Waals surface area (Å²) in [5.41, 5.74) is -0.794. The summed E-state index contributed by atoms with van der Waals surface area (Å²) in [5.74, 6) is 0.587. The highest BCUT2D eigenvalue weighted by Gasteiger charge is 2.26. The number of aryl methyl sites for hydroxylation is 1. The molecule has 1 amide bonds. The highest BCUT2D eigenvalue weighted by molar-refractivity contribution is 5.84. The number of nitrogens with one attached hydrogen (secondary N) is 1. The summed E-state index contributed by atoms with van der Waals surface area (Å²) in [5, 5.41) is 6.89. The Morgan fingerprint density at radius 3 is 2.81 bits per heavy atom. The Kier molecular flexibility index (Phi) is 4.00. The predicted molar refractivity (Wildman–Crippen MR) is 58.8 cm³/mol. The van der Waals surface area contributed by atoms with Gasteiger partial charge in [-0.15, -0.1) is 0 Å². The van der Waals surface area contributed by atoms with Crippen molar-refractivity contribution < 1.29 is 9.53 Å². The lowest BCUT2D eigenvalue weighted by Gasteiger charge is -2.21. The molecule has 0 aliphatic rings. The molecule has 0 radical (unpaired) electrons. The molecule has 1 aromatic rings. The number of nitrogens with zero attached hydrogens (tertiary/aromatic N) is 3. The van der Waals surface area contributed by atoms with Crippen molar-refractivity contribution in [2.75, 3.05) is 13.7 Å². The standard InChI is InChI=1S/C10H18N4O2/c1-10(2,16-4)9(15)11-6-5-8-12-7-14(3)13-8/h7H,5-6H2,1-4H3,(H,11,15). The van der Waals surface area contributed by atoms with Gasteiger partial charge in [0.05, 0.1) is 0 Å². The molecule has 0 aliphatic heterocycles. The highest BCUT2D eigenvalue weighted by Crippen LogP contribution is 2.06. The first-order valence-corrected chi connectivity index (χ1v) is 5.13. The highest BCUT2D eigenvalue weighted by atomic mass is 16.5. The summed E-state index contributed by atoms with van der Waals surface area (Å²) >= 11 is 0. The van der Waals surface area contributed by atoms with Gasteiger partial charge in [0.15, 0.2) is 5.82 Å². The molecule has 0 saturated carbocycles. The van der Waals surface area contributed by atoms with Crippen LogP contribution in [-0.4, -0.2) is 39.9 Å². The van der Waals surface area contributed by atoms with E-state index in [4.69, 9.17) is 4.74 Å². The van der Waals surface area contributed by atoms with Crippen molar-refractivity contribution in [1.82, 2.24) is 20.1 Å². The third kappa shape index (κ3) is 3.30. The summed E-state index contributed by atoms with van der Waals surface area (Å²) in [6.07, 6.45) is 2.25. The summed E-state index contributed by atoms with van der Waals surface area (Å²) in [7, 11) is 3.32. The molecule has 6 nitrogen and oxygen atoms in total. The van der Waals surface area contributed by atoms with Gasteiger partial charge >= 0.3 is 0 Å². The number of amides is 1. The Morgan fingerprint density at radius 2 is 2.31 bits per heavy atom. The summed E-state index contributed by atoms with van der Waals surface area (Å²) in [6, 6.07) is 0. The van der Waals surface area contributed by atoms with Crippen LogP contribution in [0.5, 0.6) is 0 Å². The number of carbonyl (C=O) groups is 1. The van der Waals surface area contributed by atoms with E-state index in [1.54, 1.807) is 24.9 Å². The van der Waals surface area contributed by atoms with Crippen LogP contribution in [0, 0.1) is 0 Å². The van der Waals surface area contributed by atoms with Crippen LogP contribution in [-0.2, 0) is 23.0 Å². The number of ether oxygens (including phenoxy) is 1. The van der Waals surface area contributed by atoms with Gasteiger partial charge in [0.2, 0.25) is 0 Å². The third-order valence-corrected chi connectivity index (χ3v) is 2.34. The molecule has 0 aliphatic carbocycles. The maximum absolute atomic E-state index is 11.6. The van der Waals surface area contributed by atoms with E-state index in [9.17, 15) is 4.79 Å².